The van der Waals surface area contributed by atoms with Gasteiger partial charge in [0.2, 0.25) is 0 Å². The highest BCUT2D eigenvalue weighted by Gasteiger charge is 2.25. The average Bonchev–Trinajstić information content (AvgIpc) is 2.82. The molecule has 2 aromatic rings. The predicted octanol–water partition coefficient (Wildman–Crippen LogP) is 3.72. The second kappa shape index (κ2) is 6.20. The van der Waals surface area contributed by atoms with Gasteiger partial charge in [-0.05, 0) is 44.1 Å². The standard InChI is InChI=1S/C16H21N3O2S/c1-9-5-3-6-11-13(9)14-15(17-8-4-7-12(20)21)18-10(2)19-16(14)22-11/h9H,3-8H2,1-2H3,(H,20,21)(H,17,18,19)/t9-/m1/s1. The van der Waals surface area contributed by atoms with Gasteiger partial charge < -0.3 is 10.4 Å². The smallest absolute Gasteiger partial charge is 0.303 e. The van der Waals surface area contributed by atoms with E-state index in [9.17, 15) is 4.79 Å². The van der Waals surface area contributed by atoms with E-state index in [0.717, 1.165) is 28.3 Å². The number of nitrogens with zero attached hydrogens (tertiary/aromatic N) is 2. The van der Waals surface area contributed by atoms with Crippen LogP contribution in [-0.4, -0.2) is 27.6 Å². The van der Waals surface area contributed by atoms with Crippen LogP contribution in [0.1, 0.15) is 54.8 Å². The van der Waals surface area contributed by atoms with Crippen LogP contribution in [0.4, 0.5) is 5.82 Å². The van der Waals surface area contributed by atoms with Crippen molar-refractivity contribution in [2.75, 3.05) is 11.9 Å². The van der Waals surface area contributed by atoms with Crippen molar-refractivity contribution in [2.24, 2.45) is 0 Å². The molecule has 0 aromatic carbocycles. The number of rotatable bonds is 5. The molecule has 3 rings (SSSR count). The first-order valence-electron chi connectivity index (χ1n) is 7.82. The van der Waals surface area contributed by atoms with Crippen molar-refractivity contribution in [3.8, 4) is 0 Å². The zero-order valence-corrected chi connectivity index (χ0v) is 13.8. The van der Waals surface area contributed by atoms with Crippen LogP contribution in [-0.2, 0) is 11.2 Å². The maximum absolute atomic E-state index is 10.6. The van der Waals surface area contributed by atoms with Crippen molar-refractivity contribution in [3.63, 3.8) is 0 Å². The lowest BCUT2D eigenvalue weighted by atomic mass is 9.87. The van der Waals surface area contributed by atoms with Gasteiger partial charge in [0, 0.05) is 17.8 Å². The molecule has 0 saturated heterocycles. The number of aryl methyl sites for hydroxylation is 2. The van der Waals surface area contributed by atoms with Crippen LogP contribution in [0.5, 0.6) is 0 Å². The molecule has 2 aromatic heterocycles. The van der Waals surface area contributed by atoms with Crippen LogP contribution in [0.15, 0.2) is 0 Å². The van der Waals surface area contributed by atoms with Crippen molar-refractivity contribution < 1.29 is 9.90 Å². The summed E-state index contributed by atoms with van der Waals surface area (Å²) in [4.78, 5) is 22.3. The number of carboxylic acid groups (broad SMARTS) is 1. The van der Waals surface area contributed by atoms with Crippen molar-refractivity contribution in [2.45, 2.75) is 51.9 Å². The Labute approximate surface area is 133 Å². The number of thiophene rings is 1. The highest BCUT2D eigenvalue weighted by molar-refractivity contribution is 7.19. The van der Waals surface area contributed by atoms with E-state index < -0.39 is 5.97 Å². The Balaban J connectivity index is 1.94. The SMILES string of the molecule is Cc1nc(NCCCC(=O)O)c2c3c(sc2n1)CCC[C@H]3C. The number of hydrogen-bond acceptors (Lipinski definition) is 5. The minimum atomic E-state index is -0.757. The van der Waals surface area contributed by atoms with Gasteiger partial charge in [0.25, 0.3) is 0 Å². The summed E-state index contributed by atoms with van der Waals surface area (Å²) in [6, 6.07) is 0. The maximum atomic E-state index is 10.6. The largest absolute Gasteiger partial charge is 0.481 e. The second-order valence-corrected chi connectivity index (χ2v) is 7.04. The van der Waals surface area contributed by atoms with Gasteiger partial charge in [-0.3, -0.25) is 4.79 Å². The minimum Gasteiger partial charge on any atom is -0.481 e. The Kier molecular flexibility index (Phi) is 4.29. The second-order valence-electron chi connectivity index (χ2n) is 5.96. The number of aliphatic carboxylic acids is 1. The number of nitrogens with one attached hydrogen (secondary N) is 1. The molecule has 0 saturated carbocycles. The van der Waals surface area contributed by atoms with Crippen molar-refractivity contribution in [3.05, 3.63) is 16.3 Å². The maximum Gasteiger partial charge on any atom is 0.303 e. The first kappa shape index (κ1) is 15.2. The summed E-state index contributed by atoms with van der Waals surface area (Å²) in [5.74, 6) is 1.43. The van der Waals surface area contributed by atoms with E-state index in [1.807, 2.05) is 6.92 Å². The number of anilines is 1. The van der Waals surface area contributed by atoms with E-state index in [1.165, 1.54) is 23.3 Å². The predicted molar refractivity (Wildman–Crippen MR) is 88.9 cm³/mol. The molecule has 118 valence electrons. The topological polar surface area (TPSA) is 75.1 Å². The van der Waals surface area contributed by atoms with Crippen LogP contribution in [0.3, 0.4) is 0 Å². The molecule has 0 fully saturated rings. The Morgan fingerprint density at radius 1 is 1.45 bits per heavy atom. The monoisotopic (exact) mass is 319 g/mol. The van der Waals surface area contributed by atoms with Crippen LogP contribution in [0, 0.1) is 6.92 Å². The lowest BCUT2D eigenvalue weighted by Crippen LogP contribution is -2.09. The van der Waals surface area contributed by atoms with Crippen LogP contribution in [0.2, 0.25) is 0 Å². The molecule has 0 spiro atoms. The molecule has 1 aliphatic rings. The quantitative estimate of drug-likeness (QED) is 0.822. The van der Waals surface area contributed by atoms with Gasteiger partial charge in [0.05, 0.1) is 5.39 Å². The van der Waals surface area contributed by atoms with Gasteiger partial charge in [-0.2, -0.15) is 0 Å². The third kappa shape index (κ3) is 2.92. The fourth-order valence-electron chi connectivity index (χ4n) is 3.17. The van der Waals surface area contributed by atoms with E-state index in [2.05, 4.69) is 22.2 Å². The van der Waals surface area contributed by atoms with Gasteiger partial charge in [-0.25, -0.2) is 9.97 Å². The Hall–Kier alpha value is -1.69. The summed E-state index contributed by atoms with van der Waals surface area (Å²) in [6.45, 7) is 4.80. The van der Waals surface area contributed by atoms with Crippen LogP contribution < -0.4 is 5.32 Å². The summed E-state index contributed by atoms with van der Waals surface area (Å²) in [6.07, 6.45) is 4.37. The number of carbonyl (C=O) groups is 1. The molecule has 6 heteroatoms. The van der Waals surface area contributed by atoms with Crippen molar-refractivity contribution in [1.29, 1.82) is 0 Å². The van der Waals surface area contributed by atoms with E-state index in [-0.39, 0.29) is 6.42 Å². The van der Waals surface area contributed by atoms with E-state index in [0.29, 0.717) is 18.9 Å². The van der Waals surface area contributed by atoms with Gasteiger partial charge in [-0.15, -0.1) is 11.3 Å². The summed E-state index contributed by atoms with van der Waals surface area (Å²) in [5.41, 5.74) is 1.41. The normalized spacial score (nSPS) is 17.5. The summed E-state index contributed by atoms with van der Waals surface area (Å²) in [5, 5.41) is 13.2. The summed E-state index contributed by atoms with van der Waals surface area (Å²) >= 11 is 1.79. The lowest BCUT2D eigenvalue weighted by molar-refractivity contribution is -0.137. The molecular formula is C16H21N3O2S. The summed E-state index contributed by atoms with van der Waals surface area (Å²) < 4.78 is 0. The van der Waals surface area contributed by atoms with Gasteiger partial charge >= 0.3 is 5.97 Å². The molecule has 5 nitrogen and oxygen atoms in total. The fraction of sp³-hybridized carbons (Fsp3) is 0.562. The number of aromatic nitrogens is 2. The molecule has 1 atom stereocenters. The minimum absolute atomic E-state index is 0.179. The third-order valence-corrected chi connectivity index (χ3v) is 5.33. The molecular weight excluding hydrogens is 298 g/mol. The molecule has 0 amide bonds. The fourth-order valence-corrected chi connectivity index (χ4v) is 4.55. The van der Waals surface area contributed by atoms with Gasteiger partial charge in [-0.1, -0.05) is 6.92 Å². The van der Waals surface area contributed by atoms with E-state index in [1.54, 1.807) is 11.3 Å². The lowest BCUT2D eigenvalue weighted by Gasteiger charge is -2.19. The first-order valence-corrected chi connectivity index (χ1v) is 8.63. The Morgan fingerprint density at radius 2 is 2.27 bits per heavy atom. The first-order chi connectivity index (χ1) is 10.6. The zero-order chi connectivity index (χ0) is 15.7. The molecule has 22 heavy (non-hydrogen) atoms. The van der Waals surface area contributed by atoms with E-state index >= 15 is 0 Å². The van der Waals surface area contributed by atoms with Gasteiger partial charge in [0.1, 0.15) is 16.5 Å². The highest BCUT2D eigenvalue weighted by atomic mass is 32.1. The molecule has 0 aliphatic heterocycles. The number of hydrogen-bond donors (Lipinski definition) is 2. The number of carboxylic acids is 1. The molecule has 2 heterocycles. The van der Waals surface area contributed by atoms with E-state index in [4.69, 9.17) is 5.11 Å². The van der Waals surface area contributed by atoms with Crippen molar-refractivity contribution in [1.82, 2.24) is 9.97 Å². The third-order valence-electron chi connectivity index (χ3n) is 4.17. The summed E-state index contributed by atoms with van der Waals surface area (Å²) in [7, 11) is 0. The molecule has 1 aliphatic carbocycles. The van der Waals surface area contributed by atoms with Crippen molar-refractivity contribution >= 4 is 33.3 Å². The Bertz CT molecular complexity index is 711. The zero-order valence-electron chi connectivity index (χ0n) is 13.0. The van der Waals surface area contributed by atoms with Crippen LogP contribution >= 0.6 is 11.3 Å². The number of fused-ring (bicyclic) bond motifs is 3. The molecule has 0 bridgehead atoms. The molecule has 0 unspecified atom stereocenters. The molecule has 2 N–H and O–H groups in total. The molecule has 0 radical (unpaired) electrons. The van der Waals surface area contributed by atoms with Crippen LogP contribution in [0.25, 0.3) is 10.2 Å². The average molecular weight is 319 g/mol. The highest BCUT2D eigenvalue weighted by Crippen LogP contribution is 2.43. The Morgan fingerprint density at radius 3 is 3.05 bits per heavy atom. The van der Waals surface area contributed by atoms with Gasteiger partial charge in [0.15, 0.2) is 0 Å².